The third-order valence-corrected chi connectivity index (χ3v) is 5.26. The summed E-state index contributed by atoms with van der Waals surface area (Å²) in [4.78, 5) is 16.7. The van der Waals surface area contributed by atoms with Gasteiger partial charge in [0.15, 0.2) is 0 Å². The van der Waals surface area contributed by atoms with E-state index in [4.69, 9.17) is 4.74 Å². The second-order valence-corrected chi connectivity index (χ2v) is 6.77. The summed E-state index contributed by atoms with van der Waals surface area (Å²) in [5.41, 5.74) is 1.38. The summed E-state index contributed by atoms with van der Waals surface area (Å²) < 4.78 is 5.33. The minimum Gasteiger partial charge on any atom is -0.497 e. The second-order valence-electron chi connectivity index (χ2n) is 6.77. The fourth-order valence-corrected chi connectivity index (χ4v) is 3.71. The van der Waals surface area contributed by atoms with E-state index in [0.29, 0.717) is 18.2 Å². The summed E-state index contributed by atoms with van der Waals surface area (Å²) in [6.45, 7) is 6.63. The number of piperidine rings is 1. The molecule has 0 saturated carbocycles. The number of nitrogens with one attached hydrogen (secondary N) is 1. The van der Waals surface area contributed by atoms with Crippen molar-refractivity contribution in [2.45, 2.75) is 25.2 Å². The van der Waals surface area contributed by atoms with Crippen molar-refractivity contribution in [3.63, 3.8) is 0 Å². The third kappa shape index (κ3) is 5.59. The fourth-order valence-electron chi connectivity index (χ4n) is 3.71. The van der Waals surface area contributed by atoms with Crippen molar-refractivity contribution in [2.24, 2.45) is 0 Å². The molecule has 0 spiro atoms. The van der Waals surface area contributed by atoms with Gasteiger partial charge >= 0.3 is 0 Å². The van der Waals surface area contributed by atoms with Gasteiger partial charge in [0.05, 0.1) is 7.11 Å². The molecule has 2 saturated heterocycles. The van der Waals surface area contributed by atoms with Crippen molar-refractivity contribution in [2.75, 3.05) is 52.9 Å². The zero-order chi connectivity index (χ0) is 16.8. The number of methoxy groups -OCH3 is 1. The highest BCUT2D eigenvalue weighted by Gasteiger charge is 2.22. The van der Waals surface area contributed by atoms with E-state index >= 15 is 0 Å². The van der Waals surface area contributed by atoms with Crippen molar-refractivity contribution < 1.29 is 9.53 Å². The van der Waals surface area contributed by atoms with Crippen LogP contribution in [-0.2, 0) is 4.79 Å². The van der Waals surface area contributed by atoms with Gasteiger partial charge in [0.25, 0.3) is 0 Å². The molecule has 5 nitrogen and oxygen atoms in total. The molecule has 0 atom stereocenters. The zero-order valence-electron chi connectivity index (χ0n) is 15.1. The van der Waals surface area contributed by atoms with Crippen LogP contribution in [0.5, 0.6) is 5.75 Å². The van der Waals surface area contributed by atoms with Crippen molar-refractivity contribution in [1.29, 1.82) is 0 Å². The lowest BCUT2D eigenvalue weighted by atomic mass is 9.89. The molecule has 25 heavy (non-hydrogen) atoms. The van der Waals surface area contributed by atoms with Gasteiger partial charge in [0.2, 0.25) is 5.91 Å². The summed E-state index contributed by atoms with van der Waals surface area (Å²) in [5, 5.41) is 3.29. The second kappa shape index (κ2) is 10.00. The molecular weight excluding hydrogens is 338 g/mol. The van der Waals surface area contributed by atoms with E-state index in [2.05, 4.69) is 28.4 Å². The normalized spacial score (nSPS) is 19.3. The number of nitrogens with zero attached hydrogens (tertiary/aromatic N) is 2. The average Bonchev–Trinajstić information content (AvgIpc) is 2.67. The molecular formula is C19H30ClN3O2. The zero-order valence-corrected chi connectivity index (χ0v) is 15.9. The van der Waals surface area contributed by atoms with Gasteiger partial charge in [-0.1, -0.05) is 12.1 Å². The first kappa shape index (κ1) is 20.0. The smallest absolute Gasteiger partial charge is 0.223 e. The van der Waals surface area contributed by atoms with Crippen LogP contribution in [0.2, 0.25) is 0 Å². The monoisotopic (exact) mass is 367 g/mol. The Morgan fingerprint density at radius 2 is 1.92 bits per heavy atom. The lowest BCUT2D eigenvalue weighted by Crippen LogP contribution is -2.47. The van der Waals surface area contributed by atoms with E-state index in [1.165, 1.54) is 5.56 Å². The number of benzene rings is 1. The summed E-state index contributed by atoms with van der Waals surface area (Å²) >= 11 is 0. The van der Waals surface area contributed by atoms with Crippen LogP contribution in [-0.4, -0.2) is 68.6 Å². The number of piperazine rings is 1. The first-order chi connectivity index (χ1) is 11.8. The van der Waals surface area contributed by atoms with E-state index < -0.39 is 0 Å². The molecule has 0 aliphatic carbocycles. The molecule has 0 bridgehead atoms. The predicted octanol–water partition coefficient (Wildman–Crippen LogP) is 2.12. The number of likely N-dealkylation sites (tertiary alicyclic amines) is 1. The number of hydrogen-bond acceptors (Lipinski definition) is 4. The summed E-state index contributed by atoms with van der Waals surface area (Å²) in [7, 11) is 1.72. The molecule has 0 unspecified atom stereocenters. The Hall–Kier alpha value is -1.30. The molecule has 6 heteroatoms. The van der Waals surface area contributed by atoms with Gasteiger partial charge in [-0.2, -0.15) is 0 Å². The highest BCUT2D eigenvalue weighted by Crippen LogP contribution is 2.30. The minimum atomic E-state index is 0. The Morgan fingerprint density at radius 3 is 2.60 bits per heavy atom. The number of carbonyl (C=O) groups is 1. The quantitative estimate of drug-likeness (QED) is 0.865. The fraction of sp³-hybridized carbons (Fsp3) is 0.632. The summed E-state index contributed by atoms with van der Waals surface area (Å²) in [6, 6.07) is 8.44. The lowest BCUT2D eigenvalue weighted by molar-refractivity contribution is -0.132. The van der Waals surface area contributed by atoms with Crippen LogP contribution < -0.4 is 10.1 Å². The average molecular weight is 368 g/mol. The number of hydrogen-bond donors (Lipinski definition) is 1. The van der Waals surface area contributed by atoms with Crippen molar-refractivity contribution in [3.05, 3.63) is 29.8 Å². The SMILES string of the molecule is COc1cccc(C2CCN(CCC(=O)N3CCNCC3)CC2)c1.Cl. The summed E-state index contributed by atoms with van der Waals surface area (Å²) in [6.07, 6.45) is 2.98. The van der Waals surface area contributed by atoms with Gasteiger partial charge in [-0.25, -0.2) is 0 Å². The van der Waals surface area contributed by atoms with Crippen molar-refractivity contribution >= 4 is 18.3 Å². The van der Waals surface area contributed by atoms with Gasteiger partial charge in [-0.3, -0.25) is 4.79 Å². The van der Waals surface area contributed by atoms with Crippen LogP contribution in [0.4, 0.5) is 0 Å². The molecule has 140 valence electrons. The molecule has 3 rings (SSSR count). The Labute approximate surface area is 157 Å². The molecule has 1 aromatic rings. The van der Waals surface area contributed by atoms with Crippen molar-refractivity contribution in [3.8, 4) is 5.75 Å². The van der Waals surface area contributed by atoms with Gasteiger partial charge in [0, 0.05) is 39.1 Å². The first-order valence-electron chi connectivity index (χ1n) is 9.11. The van der Waals surface area contributed by atoms with Gasteiger partial charge in [-0.15, -0.1) is 12.4 Å². The largest absolute Gasteiger partial charge is 0.497 e. The van der Waals surface area contributed by atoms with Gasteiger partial charge < -0.3 is 19.9 Å². The highest BCUT2D eigenvalue weighted by molar-refractivity contribution is 5.85. The molecule has 1 aromatic carbocycles. The van der Waals surface area contributed by atoms with Crippen LogP contribution in [0.15, 0.2) is 24.3 Å². The molecule has 2 aliphatic heterocycles. The molecule has 2 aliphatic rings. The molecule has 2 fully saturated rings. The number of carbonyl (C=O) groups excluding carboxylic acids is 1. The van der Waals surface area contributed by atoms with Crippen LogP contribution >= 0.6 is 12.4 Å². The van der Waals surface area contributed by atoms with Crippen LogP contribution in [0.3, 0.4) is 0 Å². The van der Waals surface area contributed by atoms with Crippen LogP contribution in [0.25, 0.3) is 0 Å². The standard InChI is InChI=1S/C19H29N3O2.ClH/c1-24-18-4-2-3-17(15-18)16-5-10-21(11-6-16)12-7-19(23)22-13-8-20-9-14-22;/h2-4,15-16,20H,5-14H2,1H3;1H. The van der Waals surface area contributed by atoms with E-state index in [-0.39, 0.29) is 12.4 Å². The maximum Gasteiger partial charge on any atom is 0.223 e. The molecule has 1 amide bonds. The molecule has 0 aromatic heterocycles. The maximum atomic E-state index is 12.3. The Bertz CT molecular complexity index is 541. The minimum absolute atomic E-state index is 0. The topological polar surface area (TPSA) is 44.8 Å². The van der Waals surface area contributed by atoms with Crippen LogP contribution in [0.1, 0.15) is 30.7 Å². The Morgan fingerprint density at radius 1 is 1.20 bits per heavy atom. The number of rotatable bonds is 5. The molecule has 0 radical (unpaired) electrons. The number of ether oxygens (including phenoxy) is 1. The van der Waals surface area contributed by atoms with Gasteiger partial charge in [0.1, 0.15) is 5.75 Å². The third-order valence-electron chi connectivity index (χ3n) is 5.26. The molecule has 2 heterocycles. The van der Waals surface area contributed by atoms with E-state index in [1.54, 1.807) is 7.11 Å². The Kier molecular flexibility index (Phi) is 8.00. The summed E-state index contributed by atoms with van der Waals surface area (Å²) in [5.74, 6) is 1.86. The van der Waals surface area contributed by atoms with Crippen LogP contribution in [0, 0.1) is 0 Å². The van der Waals surface area contributed by atoms with E-state index in [0.717, 1.165) is 64.4 Å². The van der Waals surface area contributed by atoms with E-state index in [9.17, 15) is 4.79 Å². The van der Waals surface area contributed by atoms with Crippen molar-refractivity contribution in [1.82, 2.24) is 15.1 Å². The predicted molar refractivity (Wildman–Crippen MR) is 103 cm³/mol. The maximum absolute atomic E-state index is 12.3. The lowest BCUT2D eigenvalue weighted by Gasteiger charge is -2.33. The van der Waals surface area contributed by atoms with E-state index in [1.807, 2.05) is 11.0 Å². The van der Waals surface area contributed by atoms with Gasteiger partial charge in [-0.05, 0) is 49.5 Å². The first-order valence-corrected chi connectivity index (χ1v) is 9.11. The number of halogens is 1. The highest BCUT2D eigenvalue weighted by atomic mass is 35.5. The Balaban J connectivity index is 0.00000225. The number of amides is 1. The molecule has 1 N–H and O–H groups in total.